The molecule has 0 radical (unpaired) electrons. The first-order valence-electron chi connectivity index (χ1n) is 12.0. The lowest BCUT2D eigenvalue weighted by Gasteiger charge is -2.24. The third kappa shape index (κ3) is 5.15. The van der Waals surface area contributed by atoms with Gasteiger partial charge in [-0.1, -0.05) is 80.1 Å². The Balaban J connectivity index is 1.44. The first kappa shape index (κ1) is 22.2. The fourth-order valence-corrected chi connectivity index (χ4v) is 4.46. The van der Waals surface area contributed by atoms with Crippen LogP contribution >= 0.6 is 0 Å². The molecule has 5 heteroatoms. The van der Waals surface area contributed by atoms with Crippen molar-refractivity contribution in [3.8, 4) is 22.9 Å². The van der Waals surface area contributed by atoms with E-state index in [4.69, 9.17) is 14.5 Å². The lowest BCUT2D eigenvalue weighted by atomic mass is 10.1. The van der Waals surface area contributed by atoms with E-state index in [1.807, 2.05) is 6.07 Å². The molecule has 0 atom stereocenters. The van der Waals surface area contributed by atoms with Gasteiger partial charge >= 0.3 is 0 Å². The highest BCUT2D eigenvalue weighted by Crippen LogP contribution is 2.33. The van der Waals surface area contributed by atoms with Crippen LogP contribution in [0.25, 0.3) is 11.4 Å². The molecule has 0 spiro atoms. The van der Waals surface area contributed by atoms with Crippen LogP contribution in [-0.4, -0.2) is 21.2 Å². The molecule has 1 aromatic heterocycles. The zero-order valence-corrected chi connectivity index (χ0v) is 19.7. The number of aromatic nitrogens is 2. The number of benzene rings is 3. The Labute approximate surface area is 201 Å². The molecule has 34 heavy (non-hydrogen) atoms. The van der Waals surface area contributed by atoms with Gasteiger partial charge in [0.05, 0.1) is 11.9 Å². The molecule has 0 aliphatic carbocycles. The Morgan fingerprint density at radius 1 is 0.824 bits per heavy atom. The predicted octanol–water partition coefficient (Wildman–Crippen LogP) is 6.28. The van der Waals surface area contributed by atoms with Gasteiger partial charge in [-0.2, -0.15) is 0 Å². The zero-order chi connectivity index (χ0) is 23.2. The minimum atomic E-state index is 0.297. The van der Waals surface area contributed by atoms with E-state index in [1.54, 1.807) is 0 Å². The van der Waals surface area contributed by atoms with Crippen LogP contribution in [0.3, 0.4) is 0 Å². The summed E-state index contributed by atoms with van der Waals surface area (Å²) in [6, 6.07) is 27.4. The van der Waals surface area contributed by atoms with Crippen LogP contribution in [0, 0.1) is 0 Å². The van der Waals surface area contributed by atoms with Crippen LogP contribution in [0.5, 0.6) is 11.5 Å². The van der Waals surface area contributed by atoms with Gasteiger partial charge in [0.2, 0.25) is 6.79 Å². The number of hydrogen-bond donors (Lipinski definition) is 0. The maximum atomic E-state index is 5.62. The zero-order valence-electron chi connectivity index (χ0n) is 19.7. The van der Waals surface area contributed by atoms with Crippen molar-refractivity contribution in [3.05, 3.63) is 102 Å². The van der Waals surface area contributed by atoms with Crippen molar-refractivity contribution >= 4 is 0 Å². The first-order chi connectivity index (χ1) is 16.8. The molecule has 174 valence electrons. The molecule has 0 fully saturated rings. The number of unbranched alkanes of at least 4 members (excludes halogenated alkanes) is 1. The summed E-state index contributed by atoms with van der Waals surface area (Å²) in [5.74, 6) is 2.70. The van der Waals surface area contributed by atoms with Gasteiger partial charge in [-0.15, -0.1) is 0 Å². The van der Waals surface area contributed by atoms with Crippen molar-refractivity contribution in [3.63, 3.8) is 0 Å². The highest BCUT2D eigenvalue weighted by atomic mass is 16.7. The molecule has 2 heterocycles. The molecule has 4 aromatic rings. The number of rotatable bonds is 10. The average molecular weight is 454 g/mol. The maximum absolute atomic E-state index is 5.62. The van der Waals surface area contributed by atoms with E-state index in [0.717, 1.165) is 61.9 Å². The predicted molar refractivity (Wildman–Crippen MR) is 135 cm³/mol. The van der Waals surface area contributed by atoms with Crippen LogP contribution in [0.4, 0.5) is 0 Å². The highest BCUT2D eigenvalue weighted by Gasteiger charge is 2.18. The Bertz CT molecular complexity index is 1200. The number of nitrogens with zero attached hydrogens (tertiary/aromatic N) is 3. The Morgan fingerprint density at radius 3 is 2.35 bits per heavy atom. The summed E-state index contributed by atoms with van der Waals surface area (Å²) in [6.45, 7) is 5.98. The molecule has 0 unspecified atom stereocenters. The van der Waals surface area contributed by atoms with E-state index in [2.05, 4.69) is 95.4 Å². The second-order valence-electron chi connectivity index (χ2n) is 8.76. The molecule has 0 N–H and O–H groups in total. The van der Waals surface area contributed by atoms with Gasteiger partial charge in [-0.25, -0.2) is 4.98 Å². The fraction of sp³-hybridized carbons (Fsp3) is 0.276. The highest BCUT2D eigenvalue weighted by molar-refractivity contribution is 5.56. The van der Waals surface area contributed by atoms with Crippen molar-refractivity contribution in [2.75, 3.05) is 6.79 Å². The van der Waals surface area contributed by atoms with Crippen molar-refractivity contribution in [1.82, 2.24) is 14.5 Å². The summed E-state index contributed by atoms with van der Waals surface area (Å²) >= 11 is 0. The molecule has 0 bridgehead atoms. The standard InChI is InChI=1S/C29H31N3O2/c1-2-3-16-32-26(18-30-29(32)25-12-8-5-9-13-25)21-31(19-23-10-6-4-7-11-23)20-24-14-15-27-28(17-24)34-22-33-27/h4-15,17-18H,2-3,16,19-22H2,1H3. The Kier molecular flexibility index (Phi) is 6.91. The molecule has 5 rings (SSSR count). The second-order valence-corrected chi connectivity index (χ2v) is 8.76. The van der Waals surface area contributed by atoms with E-state index in [9.17, 15) is 0 Å². The Morgan fingerprint density at radius 2 is 1.56 bits per heavy atom. The topological polar surface area (TPSA) is 39.5 Å². The lowest BCUT2D eigenvalue weighted by molar-refractivity contribution is 0.174. The van der Waals surface area contributed by atoms with Gasteiger partial charge in [-0.3, -0.25) is 4.90 Å². The molecule has 0 saturated heterocycles. The van der Waals surface area contributed by atoms with Crippen LogP contribution in [0.1, 0.15) is 36.6 Å². The minimum Gasteiger partial charge on any atom is -0.454 e. The summed E-state index contributed by atoms with van der Waals surface area (Å²) in [5, 5.41) is 0. The summed E-state index contributed by atoms with van der Waals surface area (Å²) in [6.07, 6.45) is 4.33. The molecule has 0 amide bonds. The summed E-state index contributed by atoms with van der Waals surface area (Å²) in [7, 11) is 0. The van der Waals surface area contributed by atoms with Crippen molar-refractivity contribution in [2.24, 2.45) is 0 Å². The number of hydrogen-bond acceptors (Lipinski definition) is 4. The van der Waals surface area contributed by atoms with Gasteiger partial charge in [0, 0.05) is 31.7 Å². The van der Waals surface area contributed by atoms with Crippen LogP contribution < -0.4 is 9.47 Å². The van der Waals surface area contributed by atoms with E-state index in [0.29, 0.717) is 6.79 Å². The second kappa shape index (κ2) is 10.6. The lowest BCUT2D eigenvalue weighted by Crippen LogP contribution is -2.24. The SMILES string of the molecule is CCCCn1c(CN(Cc2ccccc2)Cc2ccc3c(c2)OCO3)cnc1-c1ccccc1. The van der Waals surface area contributed by atoms with Gasteiger partial charge in [0.1, 0.15) is 5.82 Å². The molecule has 5 nitrogen and oxygen atoms in total. The summed E-state index contributed by atoms with van der Waals surface area (Å²) < 4.78 is 13.5. The minimum absolute atomic E-state index is 0.297. The third-order valence-electron chi connectivity index (χ3n) is 6.18. The van der Waals surface area contributed by atoms with E-state index >= 15 is 0 Å². The maximum Gasteiger partial charge on any atom is 0.231 e. The normalized spacial score (nSPS) is 12.4. The Hall–Kier alpha value is -3.57. The molecule has 1 aliphatic rings. The first-order valence-corrected chi connectivity index (χ1v) is 12.0. The average Bonchev–Trinajstić information content (AvgIpc) is 3.50. The summed E-state index contributed by atoms with van der Waals surface area (Å²) in [5.41, 5.74) is 4.91. The van der Waals surface area contributed by atoms with Gasteiger partial charge in [0.15, 0.2) is 11.5 Å². The number of ether oxygens (including phenoxy) is 2. The van der Waals surface area contributed by atoms with Crippen molar-refractivity contribution in [1.29, 1.82) is 0 Å². The van der Waals surface area contributed by atoms with Crippen LogP contribution in [-0.2, 0) is 26.2 Å². The van der Waals surface area contributed by atoms with Gasteiger partial charge in [0.25, 0.3) is 0 Å². The van der Waals surface area contributed by atoms with Gasteiger partial charge in [-0.05, 0) is 29.7 Å². The van der Waals surface area contributed by atoms with Crippen LogP contribution in [0.2, 0.25) is 0 Å². The van der Waals surface area contributed by atoms with E-state index < -0.39 is 0 Å². The van der Waals surface area contributed by atoms with E-state index in [1.165, 1.54) is 16.8 Å². The molecule has 0 saturated carbocycles. The number of imidazole rings is 1. The number of fused-ring (bicyclic) bond motifs is 1. The fourth-order valence-electron chi connectivity index (χ4n) is 4.46. The van der Waals surface area contributed by atoms with Crippen LogP contribution in [0.15, 0.2) is 85.1 Å². The molecule has 3 aromatic carbocycles. The largest absolute Gasteiger partial charge is 0.454 e. The quantitative estimate of drug-likeness (QED) is 0.283. The molecular formula is C29H31N3O2. The molecular weight excluding hydrogens is 422 g/mol. The molecule has 1 aliphatic heterocycles. The van der Waals surface area contributed by atoms with Crippen molar-refractivity contribution in [2.45, 2.75) is 45.9 Å². The van der Waals surface area contributed by atoms with Gasteiger partial charge < -0.3 is 14.0 Å². The smallest absolute Gasteiger partial charge is 0.231 e. The monoisotopic (exact) mass is 453 g/mol. The van der Waals surface area contributed by atoms with Crippen molar-refractivity contribution < 1.29 is 9.47 Å². The van der Waals surface area contributed by atoms with E-state index in [-0.39, 0.29) is 0 Å². The summed E-state index contributed by atoms with van der Waals surface area (Å²) in [4.78, 5) is 7.33. The third-order valence-corrected chi connectivity index (χ3v) is 6.18.